The molecule has 0 aliphatic carbocycles. The van der Waals surface area contributed by atoms with Gasteiger partial charge in [-0.2, -0.15) is 0 Å². The normalized spacial score (nSPS) is 11.9. The summed E-state index contributed by atoms with van der Waals surface area (Å²) < 4.78 is 7.71. The van der Waals surface area contributed by atoms with Gasteiger partial charge < -0.3 is 14.6 Å². The fourth-order valence-electron chi connectivity index (χ4n) is 2.82. The molecule has 30 heavy (non-hydrogen) atoms. The molecule has 3 rings (SSSR count). The second-order valence-corrected chi connectivity index (χ2v) is 8.30. The topological polar surface area (TPSA) is 69.0 Å². The van der Waals surface area contributed by atoms with Crippen molar-refractivity contribution < 1.29 is 9.53 Å². The number of carbonyl (C=O) groups is 1. The molecule has 6 nitrogen and oxygen atoms in total. The third kappa shape index (κ3) is 5.68. The zero-order chi connectivity index (χ0) is 21.5. The van der Waals surface area contributed by atoms with Gasteiger partial charge in [-0.25, -0.2) is 0 Å². The molecule has 9 heteroatoms. The van der Waals surface area contributed by atoms with Crippen LogP contribution in [0.5, 0.6) is 5.75 Å². The molecule has 0 unspecified atom stereocenters. The lowest BCUT2D eigenvalue weighted by Crippen LogP contribution is -2.28. The molecule has 1 N–H and O–H groups in total. The molecule has 1 aromatic heterocycles. The average molecular weight is 465 g/mol. The van der Waals surface area contributed by atoms with Crippen molar-refractivity contribution in [3.63, 3.8) is 0 Å². The van der Waals surface area contributed by atoms with Gasteiger partial charge in [0.25, 0.3) is 5.91 Å². The molecular formula is C21H22Cl2N4O2S. The molecule has 3 aromatic rings. The first kappa shape index (κ1) is 22.5. The first-order valence-electron chi connectivity index (χ1n) is 9.49. The van der Waals surface area contributed by atoms with Crippen molar-refractivity contribution >= 4 is 40.9 Å². The Kier molecular flexibility index (Phi) is 8.01. The van der Waals surface area contributed by atoms with Gasteiger partial charge in [-0.15, -0.1) is 10.2 Å². The highest BCUT2D eigenvalue weighted by atomic mass is 35.5. The molecule has 0 saturated carbocycles. The van der Waals surface area contributed by atoms with E-state index >= 15 is 0 Å². The molecular weight excluding hydrogens is 443 g/mol. The van der Waals surface area contributed by atoms with Crippen LogP contribution in [0.1, 0.15) is 36.1 Å². The van der Waals surface area contributed by atoms with Crippen molar-refractivity contribution in [2.45, 2.75) is 31.6 Å². The molecule has 1 amide bonds. The number of ether oxygens (including phenoxy) is 1. The summed E-state index contributed by atoms with van der Waals surface area (Å²) >= 11 is 13.5. The SMILES string of the molecule is CCn1c(SCCOc2ccccc2)nnc1[C@H](C)NC(=O)c1ccc(Cl)c(Cl)c1. The fraction of sp³-hybridized carbons (Fsp3) is 0.286. The van der Waals surface area contributed by atoms with Crippen LogP contribution in [0.2, 0.25) is 10.0 Å². The standard InChI is InChI=1S/C21H22Cl2N4O2S/c1-3-27-19(14(2)24-20(28)15-9-10-17(22)18(23)13-15)25-26-21(27)30-12-11-29-16-7-5-4-6-8-16/h4-10,13-14H,3,11-12H2,1-2H3,(H,24,28)/t14-/m0/s1. The van der Waals surface area contributed by atoms with Gasteiger partial charge >= 0.3 is 0 Å². The molecule has 0 spiro atoms. The first-order chi connectivity index (χ1) is 14.5. The van der Waals surface area contributed by atoms with Gasteiger partial charge in [0, 0.05) is 17.9 Å². The third-order valence-corrected chi connectivity index (χ3v) is 5.97. The maximum atomic E-state index is 12.6. The van der Waals surface area contributed by atoms with Crippen molar-refractivity contribution in [2.24, 2.45) is 0 Å². The second kappa shape index (κ2) is 10.7. The van der Waals surface area contributed by atoms with Gasteiger partial charge in [0.2, 0.25) is 0 Å². The zero-order valence-corrected chi connectivity index (χ0v) is 19.0. The maximum Gasteiger partial charge on any atom is 0.251 e. The Hall–Kier alpha value is -2.22. The zero-order valence-electron chi connectivity index (χ0n) is 16.6. The Morgan fingerprint density at radius 2 is 1.93 bits per heavy atom. The van der Waals surface area contributed by atoms with Gasteiger partial charge in [0.15, 0.2) is 11.0 Å². The highest BCUT2D eigenvalue weighted by molar-refractivity contribution is 7.99. The Balaban J connectivity index is 1.59. The summed E-state index contributed by atoms with van der Waals surface area (Å²) in [6.07, 6.45) is 0. The summed E-state index contributed by atoms with van der Waals surface area (Å²) in [6, 6.07) is 14.1. The van der Waals surface area contributed by atoms with Crippen LogP contribution in [-0.4, -0.2) is 33.0 Å². The highest BCUT2D eigenvalue weighted by Crippen LogP contribution is 2.24. The van der Waals surface area contributed by atoms with Crippen molar-refractivity contribution in [1.29, 1.82) is 0 Å². The van der Waals surface area contributed by atoms with Crippen molar-refractivity contribution in [1.82, 2.24) is 20.1 Å². The van der Waals surface area contributed by atoms with E-state index in [0.29, 0.717) is 34.6 Å². The number of halogens is 2. The van der Waals surface area contributed by atoms with E-state index in [4.69, 9.17) is 27.9 Å². The number of para-hydroxylation sites is 1. The average Bonchev–Trinajstić information content (AvgIpc) is 3.17. The van der Waals surface area contributed by atoms with Gasteiger partial charge in [0.1, 0.15) is 5.75 Å². The molecule has 1 heterocycles. The quantitative estimate of drug-likeness (QED) is 0.345. The maximum absolute atomic E-state index is 12.6. The van der Waals surface area contributed by atoms with E-state index in [-0.39, 0.29) is 11.9 Å². The highest BCUT2D eigenvalue weighted by Gasteiger charge is 2.20. The van der Waals surface area contributed by atoms with Crippen LogP contribution in [0.15, 0.2) is 53.7 Å². The number of benzene rings is 2. The number of nitrogens with zero attached hydrogens (tertiary/aromatic N) is 3. The number of nitrogens with one attached hydrogen (secondary N) is 1. The van der Waals surface area contributed by atoms with Gasteiger partial charge in [0.05, 0.1) is 22.7 Å². The van der Waals surface area contributed by atoms with Crippen LogP contribution >= 0.6 is 35.0 Å². The Morgan fingerprint density at radius 3 is 2.63 bits per heavy atom. The summed E-state index contributed by atoms with van der Waals surface area (Å²) in [5.41, 5.74) is 0.437. The smallest absolute Gasteiger partial charge is 0.251 e. The van der Waals surface area contributed by atoms with E-state index in [1.807, 2.05) is 48.7 Å². The molecule has 0 bridgehead atoms. The Labute approximate surface area is 189 Å². The minimum atomic E-state index is -0.325. The lowest BCUT2D eigenvalue weighted by Gasteiger charge is -2.15. The number of carbonyl (C=O) groups excluding carboxylic acids is 1. The lowest BCUT2D eigenvalue weighted by atomic mass is 10.2. The van der Waals surface area contributed by atoms with Gasteiger partial charge in [-0.05, 0) is 44.2 Å². The number of hydrogen-bond donors (Lipinski definition) is 1. The Bertz CT molecular complexity index is 998. The van der Waals surface area contributed by atoms with E-state index < -0.39 is 0 Å². The Morgan fingerprint density at radius 1 is 1.17 bits per heavy atom. The lowest BCUT2D eigenvalue weighted by molar-refractivity contribution is 0.0937. The number of hydrogen-bond acceptors (Lipinski definition) is 5. The predicted octanol–water partition coefficient (Wildman–Crippen LogP) is 5.27. The van der Waals surface area contributed by atoms with E-state index in [1.54, 1.807) is 30.0 Å². The molecule has 1 atom stereocenters. The van der Waals surface area contributed by atoms with Crippen molar-refractivity contribution in [3.8, 4) is 5.75 Å². The number of rotatable bonds is 9. The molecule has 0 aliphatic rings. The van der Waals surface area contributed by atoms with Gasteiger partial charge in [-0.1, -0.05) is 53.2 Å². The minimum Gasteiger partial charge on any atom is -0.493 e. The van der Waals surface area contributed by atoms with E-state index in [0.717, 1.165) is 16.7 Å². The summed E-state index contributed by atoms with van der Waals surface area (Å²) in [6.45, 7) is 5.14. The van der Waals surface area contributed by atoms with Crippen LogP contribution in [0.25, 0.3) is 0 Å². The summed E-state index contributed by atoms with van der Waals surface area (Å²) in [7, 11) is 0. The first-order valence-corrected chi connectivity index (χ1v) is 11.2. The van der Waals surface area contributed by atoms with Crippen LogP contribution in [-0.2, 0) is 6.54 Å². The fourth-order valence-corrected chi connectivity index (χ4v) is 3.94. The van der Waals surface area contributed by atoms with Crippen LogP contribution in [0.4, 0.5) is 0 Å². The van der Waals surface area contributed by atoms with Crippen LogP contribution in [0, 0.1) is 0 Å². The molecule has 0 radical (unpaired) electrons. The minimum absolute atomic E-state index is 0.253. The second-order valence-electron chi connectivity index (χ2n) is 6.42. The third-order valence-electron chi connectivity index (χ3n) is 4.30. The van der Waals surface area contributed by atoms with E-state index in [1.165, 1.54) is 0 Å². The predicted molar refractivity (Wildman–Crippen MR) is 121 cm³/mol. The number of thioether (sulfide) groups is 1. The molecule has 2 aromatic carbocycles. The van der Waals surface area contributed by atoms with E-state index in [9.17, 15) is 4.79 Å². The van der Waals surface area contributed by atoms with Crippen molar-refractivity contribution in [2.75, 3.05) is 12.4 Å². The van der Waals surface area contributed by atoms with E-state index in [2.05, 4.69) is 15.5 Å². The number of aromatic nitrogens is 3. The summed E-state index contributed by atoms with van der Waals surface area (Å²) in [5.74, 6) is 2.01. The summed E-state index contributed by atoms with van der Waals surface area (Å²) in [5, 5.41) is 13.1. The molecule has 158 valence electrons. The van der Waals surface area contributed by atoms with Crippen LogP contribution < -0.4 is 10.1 Å². The van der Waals surface area contributed by atoms with Crippen LogP contribution in [0.3, 0.4) is 0 Å². The molecule has 0 aliphatic heterocycles. The van der Waals surface area contributed by atoms with Gasteiger partial charge in [-0.3, -0.25) is 4.79 Å². The number of amides is 1. The van der Waals surface area contributed by atoms with Crippen molar-refractivity contribution in [3.05, 3.63) is 70.0 Å². The molecule has 0 saturated heterocycles. The molecule has 0 fully saturated rings. The summed E-state index contributed by atoms with van der Waals surface area (Å²) in [4.78, 5) is 12.6. The monoisotopic (exact) mass is 464 g/mol. The largest absolute Gasteiger partial charge is 0.493 e.